The molecule has 1 aromatic carbocycles. The molecule has 0 bridgehead atoms. The lowest BCUT2D eigenvalue weighted by atomic mass is 10.2. The zero-order valence-corrected chi connectivity index (χ0v) is 16.6. The molecule has 148 valence electrons. The minimum absolute atomic E-state index is 0.0103. The molecule has 0 unspecified atom stereocenters. The first-order valence-electron chi connectivity index (χ1n) is 9.89. The Morgan fingerprint density at radius 2 is 1.68 bits per heavy atom. The van der Waals surface area contributed by atoms with Gasteiger partial charge >= 0.3 is 0 Å². The molecule has 1 amide bonds. The van der Waals surface area contributed by atoms with Crippen LogP contribution in [0, 0.1) is 13.8 Å². The number of hydrogen-bond donors (Lipinski definition) is 0. The Morgan fingerprint density at radius 3 is 2.39 bits per heavy atom. The maximum absolute atomic E-state index is 13.1. The molecule has 2 aliphatic heterocycles. The van der Waals surface area contributed by atoms with Crippen molar-refractivity contribution in [1.82, 2.24) is 14.9 Å². The van der Waals surface area contributed by atoms with Crippen molar-refractivity contribution in [3.63, 3.8) is 0 Å². The van der Waals surface area contributed by atoms with Crippen LogP contribution in [0.1, 0.15) is 21.9 Å². The summed E-state index contributed by atoms with van der Waals surface area (Å²) in [5.74, 6) is 1.44. The molecule has 0 N–H and O–H groups in total. The molecule has 2 saturated heterocycles. The van der Waals surface area contributed by atoms with E-state index < -0.39 is 0 Å². The molecule has 0 spiro atoms. The predicted molar refractivity (Wildman–Crippen MR) is 109 cm³/mol. The fourth-order valence-electron chi connectivity index (χ4n) is 3.77. The summed E-state index contributed by atoms with van der Waals surface area (Å²) >= 11 is 0. The molecule has 2 fully saturated rings. The van der Waals surface area contributed by atoms with Crippen LogP contribution >= 0.6 is 0 Å². The number of carbonyl (C=O) groups is 1. The van der Waals surface area contributed by atoms with Crippen LogP contribution in [0.2, 0.25) is 0 Å². The summed E-state index contributed by atoms with van der Waals surface area (Å²) in [6.07, 6.45) is 0. The summed E-state index contributed by atoms with van der Waals surface area (Å²) in [6.45, 7) is 9.96. The summed E-state index contributed by atoms with van der Waals surface area (Å²) in [5.41, 5.74) is 2.96. The van der Waals surface area contributed by atoms with Crippen molar-refractivity contribution in [2.75, 3.05) is 62.3 Å². The van der Waals surface area contributed by atoms with Crippen molar-refractivity contribution in [1.29, 1.82) is 0 Å². The van der Waals surface area contributed by atoms with Gasteiger partial charge in [0.05, 0.1) is 13.2 Å². The number of aromatic nitrogens is 2. The first kappa shape index (κ1) is 18.7. The van der Waals surface area contributed by atoms with Gasteiger partial charge in [0.2, 0.25) is 0 Å². The maximum atomic E-state index is 13.1. The smallest absolute Gasteiger partial charge is 0.272 e. The van der Waals surface area contributed by atoms with Crippen LogP contribution in [0.15, 0.2) is 30.3 Å². The summed E-state index contributed by atoms with van der Waals surface area (Å²) < 4.78 is 5.41. The highest BCUT2D eigenvalue weighted by Crippen LogP contribution is 2.20. The molecule has 28 heavy (non-hydrogen) atoms. The largest absolute Gasteiger partial charge is 0.378 e. The molecule has 3 heterocycles. The van der Waals surface area contributed by atoms with Crippen molar-refractivity contribution in [3.05, 3.63) is 47.4 Å². The number of rotatable bonds is 3. The van der Waals surface area contributed by atoms with Crippen LogP contribution in [-0.4, -0.2) is 73.3 Å². The van der Waals surface area contributed by atoms with E-state index in [1.165, 1.54) is 11.3 Å². The quantitative estimate of drug-likeness (QED) is 0.809. The standard InChI is InChI=1S/C21H27N5O2/c1-16-4-3-5-18(14-16)24-6-8-26(9-7-24)21(27)19-15-20(23-17(2)22-19)25-10-12-28-13-11-25/h3-5,14-15H,6-13H2,1-2H3. The number of anilines is 2. The molecule has 2 aromatic rings. The number of nitrogens with zero attached hydrogens (tertiary/aromatic N) is 5. The first-order chi connectivity index (χ1) is 13.6. The molecular formula is C21H27N5O2. The van der Waals surface area contributed by atoms with Gasteiger partial charge in [0.1, 0.15) is 17.3 Å². The zero-order chi connectivity index (χ0) is 19.5. The third-order valence-electron chi connectivity index (χ3n) is 5.31. The van der Waals surface area contributed by atoms with Gasteiger partial charge in [-0.2, -0.15) is 0 Å². The van der Waals surface area contributed by atoms with E-state index in [0.29, 0.717) is 37.8 Å². The number of benzene rings is 1. The molecule has 7 nitrogen and oxygen atoms in total. The fourth-order valence-corrected chi connectivity index (χ4v) is 3.77. The van der Waals surface area contributed by atoms with E-state index in [0.717, 1.165) is 32.0 Å². The Bertz CT molecular complexity index is 842. The monoisotopic (exact) mass is 381 g/mol. The maximum Gasteiger partial charge on any atom is 0.272 e. The van der Waals surface area contributed by atoms with Crippen LogP contribution in [0.3, 0.4) is 0 Å². The highest BCUT2D eigenvalue weighted by Gasteiger charge is 2.25. The summed E-state index contributed by atoms with van der Waals surface area (Å²) in [7, 11) is 0. The molecule has 1 aromatic heterocycles. The van der Waals surface area contributed by atoms with E-state index in [9.17, 15) is 4.79 Å². The first-order valence-corrected chi connectivity index (χ1v) is 9.89. The highest BCUT2D eigenvalue weighted by atomic mass is 16.5. The number of ether oxygens (including phenoxy) is 1. The van der Waals surface area contributed by atoms with Crippen LogP contribution < -0.4 is 9.80 Å². The van der Waals surface area contributed by atoms with Gasteiger partial charge in [0, 0.05) is 51.0 Å². The second-order valence-corrected chi connectivity index (χ2v) is 7.38. The van der Waals surface area contributed by atoms with Crippen molar-refractivity contribution in [2.45, 2.75) is 13.8 Å². The van der Waals surface area contributed by atoms with Crippen molar-refractivity contribution < 1.29 is 9.53 Å². The zero-order valence-electron chi connectivity index (χ0n) is 16.6. The number of morpholine rings is 1. The van der Waals surface area contributed by atoms with E-state index in [4.69, 9.17) is 4.74 Å². The topological polar surface area (TPSA) is 61.8 Å². The number of piperazine rings is 1. The molecule has 2 aliphatic rings. The Hall–Kier alpha value is -2.67. The average molecular weight is 381 g/mol. The normalized spacial score (nSPS) is 17.7. The lowest BCUT2D eigenvalue weighted by Crippen LogP contribution is -2.49. The Kier molecular flexibility index (Phi) is 5.43. The molecule has 0 aliphatic carbocycles. The van der Waals surface area contributed by atoms with Gasteiger partial charge in [-0.3, -0.25) is 4.79 Å². The van der Waals surface area contributed by atoms with Crippen LogP contribution in [-0.2, 0) is 4.74 Å². The fraction of sp³-hybridized carbons (Fsp3) is 0.476. The van der Waals surface area contributed by atoms with Gasteiger partial charge in [0.15, 0.2) is 0 Å². The SMILES string of the molecule is Cc1cccc(N2CCN(C(=O)c3cc(N4CCOCC4)nc(C)n3)CC2)c1. The van der Waals surface area contributed by atoms with E-state index in [-0.39, 0.29) is 5.91 Å². The lowest BCUT2D eigenvalue weighted by molar-refractivity contribution is 0.0740. The van der Waals surface area contributed by atoms with Gasteiger partial charge in [0.25, 0.3) is 5.91 Å². The summed E-state index contributed by atoms with van der Waals surface area (Å²) in [4.78, 5) is 28.4. The number of carbonyl (C=O) groups excluding carboxylic acids is 1. The Labute approximate surface area is 165 Å². The minimum Gasteiger partial charge on any atom is -0.378 e. The van der Waals surface area contributed by atoms with E-state index in [2.05, 4.69) is 51.0 Å². The summed E-state index contributed by atoms with van der Waals surface area (Å²) in [5, 5.41) is 0. The van der Waals surface area contributed by atoms with E-state index in [1.54, 1.807) is 0 Å². The number of amides is 1. The van der Waals surface area contributed by atoms with E-state index in [1.807, 2.05) is 17.9 Å². The van der Waals surface area contributed by atoms with Crippen molar-refractivity contribution in [3.8, 4) is 0 Å². The molecular weight excluding hydrogens is 354 g/mol. The Balaban J connectivity index is 1.44. The van der Waals surface area contributed by atoms with Crippen LogP contribution in [0.4, 0.5) is 11.5 Å². The van der Waals surface area contributed by atoms with Gasteiger partial charge in [-0.25, -0.2) is 9.97 Å². The third-order valence-corrected chi connectivity index (χ3v) is 5.31. The molecule has 0 atom stereocenters. The highest BCUT2D eigenvalue weighted by molar-refractivity contribution is 5.93. The minimum atomic E-state index is -0.0103. The predicted octanol–water partition coefficient (Wildman–Crippen LogP) is 1.89. The average Bonchev–Trinajstić information content (AvgIpc) is 2.73. The van der Waals surface area contributed by atoms with Crippen LogP contribution in [0.5, 0.6) is 0 Å². The molecule has 4 rings (SSSR count). The van der Waals surface area contributed by atoms with Gasteiger partial charge in [-0.05, 0) is 31.5 Å². The molecule has 0 radical (unpaired) electrons. The van der Waals surface area contributed by atoms with Crippen molar-refractivity contribution >= 4 is 17.4 Å². The van der Waals surface area contributed by atoms with Gasteiger partial charge < -0.3 is 19.4 Å². The van der Waals surface area contributed by atoms with Crippen LogP contribution in [0.25, 0.3) is 0 Å². The van der Waals surface area contributed by atoms with Gasteiger partial charge in [-0.1, -0.05) is 12.1 Å². The van der Waals surface area contributed by atoms with E-state index >= 15 is 0 Å². The Morgan fingerprint density at radius 1 is 0.929 bits per heavy atom. The second-order valence-electron chi connectivity index (χ2n) is 7.38. The number of aryl methyl sites for hydroxylation is 2. The third kappa shape index (κ3) is 4.09. The number of hydrogen-bond acceptors (Lipinski definition) is 6. The lowest BCUT2D eigenvalue weighted by Gasteiger charge is -2.36. The molecule has 7 heteroatoms. The van der Waals surface area contributed by atoms with Crippen molar-refractivity contribution in [2.24, 2.45) is 0 Å². The second kappa shape index (κ2) is 8.14. The summed E-state index contributed by atoms with van der Waals surface area (Å²) in [6, 6.07) is 10.3. The molecule has 0 saturated carbocycles. The van der Waals surface area contributed by atoms with Gasteiger partial charge in [-0.15, -0.1) is 0 Å².